The molecule has 0 heterocycles. The van der Waals surface area contributed by atoms with E-state index in [1.165, 1.54) is 43.2 Å². The van der Waals surface area contributed by atoms with E-state index in [2.05, 4.69) is 56.3 Å². The molecule has 0 unspecified atom stereocenters. The quantitative estimate of drug-likeness (QED) is 0.604. The Bertz CT molecular complexity index is 839. The third-order valence-electron chi connectivity index (χ3n) is 9.87. The van der Waals surface area contributed by atoms with Crippen molar-refractivity contribution in [3.05, 3.63) is 53.6 Å². The fourth-order valence-electron chi connectivity index (χ4n) is 8.34. The first-order valence-corrected chi connectivity index (χ1v) is 12.2. The van der Waals surface area contributed by atoms with Crippen LogP contribution in [-0.4, -0.2) is 22.9 Å². The number of fused-ring (bicyclic) bond motifs is 5. The maximum atomic E-state index is 10.2. The van der Waals surface area contributed by atoms with Crippen molar-refractivity contribution in [1.29, 1.82) is 0 Å². The smallest absolute Gasteiger partial charge is 0.0618 e. The van der Waals surface area contributed by atoms with E-state index in [4.69, 9.17) is 0 Å². The first-order valence-electron chi connectivity index (χ1n) is 12.2. The van der Waals surface area contributed by atoms with E-state index in [0.717, 1.165) is 37.0 Å². The first kappa shape index (κ1) is 20.5. The Hall–Kier alpha value is -1.38. The number of aliphatic hydroxyl groups is 2. The summed E-state index contributed by atoms with van der Waals surface area (Å²) in [6, 6.07) is 10.8. The van der Waals surface area contributed by atoms with E-state index in [1.807, 2.05) is 0 Å². The molecule has 2 N–H and O–H groups in total. The third-order valence-corrected chi connectivity index (χ3v) is 9.87. The Kier molecular flexibility index (Phi) is 5.22. The highest BCUT2D eigenvalue weighted by molar-refractivity contribution is 5.68. The molecule has 162 valence electrons. The summed E-state index contributed by atoms with van der Waals surface area (Å²) in [6.07, 6.45) is 13.9. The van der Waals surface area contributed by atoms with Gasteiger partial charge < -0.3 is 10.2 Å². The zero-order valence-corrected chi connectivity index (χ0v) is 18.7. The van der Waals surface area contributed by atoms with Crippen molar-refractivity contribution in [2.24, 2.45) is 34.5 Å². The molecule has 0 bridgehead atoms. The maximum absolute atomic E-state index is 10.2. The summed E-state index contributed by atoms with van der Waals surface area (Å²) in [5.74, 6) is 2.88. The Balaban J connectivity index is 1.46. The van der Waals surface area contributed by atoms with E-state index in [1.54, 1.807) is 5.57 Å². The number of hydrogen-bond donors (Lipinski definition) is 2. The van der Waals surface area contributed by atoms with Crippen LogP contribution in [0.25, 0.3) is 5.57 Å². The van der Waals surface area contributed by atoms with Gasteiger partial charge in [0.05, 0.1) is 12.7 Å². The highest BCUT2D eigenvalue weighted by Gasteiger charge is 2.59. The second kappa shape index (κ2) is 7.64. The number of allylic oxidation sites excluding steroid dienone is 2. The summed E-state index contributed by atoms with van der Waals surface area (Å²) >= 11 is 0. The van der Waals surface area contributed by atoms with Crippen molar-refractivity contribution in [2.45, 2.75) is 71.3 Å². The summed E-state index contributed by atoms with van der Waals surface area (Å²) < 4.78 is 0. The van der Waals surface area contributed by atoms with Crippen molar-refractivity contribution >= 4 is 5.57 Å². The van der Waals surface area contributed by atoms with Gasteiger partial charge in [-0.3, -0.25) is 0 Å². The van der Waals surface area contributed by atoms with Crippen molar-refractivity contribution in [2.75, 3.05) is 6.61 Å². The Morgan fingerprint density at radius 1 is 1.03 bits per heavy atom. The predicted molar refractivity (Wildman–Crippen MR) is 123 cm³/mol. The topological polar surface area (TPSA) is 40.5 Å². The van der Waals surface area contributed by atoms with Crippen LogP contribution in [0.1, 0.15) is 70.8 Å². The maximum Gasteiger partial charge on any atom is 0.0618 e. The Labute approximate surface area is 182 Å². The van der Waals surface area contributed by atoms with Gasteiger partial charge in [-0.15, -0.1) is 0 Å². The Morgan fingerprint density at radius 2 is 1.83 bits per heavy atom. The molecule has 0 radical (unpaired) electrons. The zero-order valence-electron chi connectivity index (χ0n) is 18.7. The van der Waals surface area contributed by atoms with E-state index in [9.17, 15) is 10.2 Å². The van der Waals surface area contributed by atoms with Crippen LogP contribution in [0, 0.1) is 34.5 Å². The van der Waals surface area contributed by atoms with Gasteiger partial charge in [-0.05, 0) is 97.0 Å². The van der Waals surface area contributed by atoms with E-state index < -0.39 is 0 Å². The number of rotatable bonds is 3. The summed E-state index contributed by atoms with van der Waals surface area (Å²) in [6.45, 7) is 5.20. The van der Waals surface area contributed by atoms with E-state index in [0.29, 0.717) is 16.7 Å². The molecule has 1 aromatic rings. The molecule has 3 fully saturated rings. The van der Waals surface area contributed by atoms with E-state index in [-0.39, 0.29) is 12.7 Å². The largest absolute Gasteiger partial charge is 0.393 e. The summed E-state index contributed by atoms with van der Waals surface area (Å²) in [5, 5.41) is 20.0. The van der Waals surface area contributed by atoms with Crippen molar-refractivity contribution in [3.63, 3.8) is 0 Å². The van der Waals surface area contributed by atoms with Crippen LogP contribution >= 0.6 is 0 Å². The average Bonchev–Trinajstić information content (AvgIpc) is 3.10. The van der Waals surface area contributed by atoms with Crippen LogP contribution in [0.5, 0.6) is 0 Å². The van der Waals surface area contributed by atoms with Gasteiger partial charge in [-0.25, -0.2) is 0 Å². The van der Waals surface area contributed by atoms with Gasteiger partial charge in [0.2, 0.25) is 0 Å². The van der Waals surface area contributed by atoms with Crippen LogP contribution < -0.4 is 0 Å². The fourth-order valence-corrected chi connectivity index (χ4v) is 8.34. The fraction of sp³-hybridized carbons (Fsp3) is 0.643. The second-order valence-corrected chi connectivity index (χ2v) is 11.0. The minimum Gasteiger partial charge on any atom is -0.393 e. The highest BCUT2D eigenvalue weighted by Crippen LogP contribution is 2.67. The molecule has 0 spiro atoms. The second-order valence-electron chi connectivity index (χ2n) is 11.0. The van der Waals surface area contributed by atoms with Gasteiger partial charge in [0.25, 0.3) is 0 Å². The molecule has 0 amide bonds. The molecule has 7 atom stereocenters. The number of hydrogen-bond acceptors (Lipinski definition) is 2. The van der Waals surface area contributed by atoms with Gasteiger partial charge >= 0.3 is 0 Å². The number of benzene rings is 1. The molecule has 5 rings (SSSR count). The number of aliphatic hydroxyl groups excluding tert-OH is 2. The minimum absolute atomic E-state index is 0.123. The molecule has 1 aromatic carbocycles. The third kappa shape index (κ3) is 3.06. The standard InChI is InChI=1S/C28H38O2/c1-27-15-12-21(30)18-20(27)8-9-23-25-11-10-24(28(25,2)16-13-26(23)27)22(14-17-29)19-6-4-3-5-7-19/h3-8,14,21,23-26,29-30H,9-13,15-18H2,1-2H3/b22-14-/t21-,23-,24+,25-,26-,27-,28+/m0/s1. The van der Waals surface area contributed by atoms with Crippen molar-refractivity contribution in [3.8, 4) is 0 Å². The monoisotopic (exact) mass is 406 g/mol. The van der Waals surface area contributed by atoms with Gasteiger partial charge in [-0.2, -0.15) is 0 Å². The molecule has 3 saturated carbocycles. The summed E-state index contributed by atoms with van der Waals surface area (Å²) in [7, 11) is 0. The molecule has 0 aromatic heterocycles. The molecule has 30 heavy (non-hydrogen) atoms. The van der Waals surface area contributed by atoms with Crippen molar-refractivity contribution < 1.29 is 10.2 Å². The lowest BCUT2D eigenvalue weighted by Gasteiger charge is -2.58. The van der Waals surface area contributed by atoms with Gasteiger partial charge in [0, 0.05) is 0 Å². The molecule has 4 aliphatic carbocycles. The summed E-state index contributed by atoms with van der Waals surface area (Å²) in [4.78, 5) is 0. The minimum atomic E-state index is -0.123. The predicted octanol–water partition coefficient (Wildman–Crippen LogP) is 6.00. The molecular weight excluding hydrogens is 368 g/mol. The lowest BCUT2D eigenvalue weighted by molar-refractivity contribution is -0.0432. The van der Waals surface area contributed by atoms with Gasteiger partial charge in [0.1, 0.15) is 0 Å². The first-order chi connectivity index (χ1) is 14.5. The molecule has 2 heteroatoms. The average molecular weight is 407 g/mol. The molecule has 4 aliphatic rings. The van der Waals surface area contributed by atoms with Crippen LogP contribution in [0.15, 0.2) is 48.1 Å². The Morgan fingerprint density at radius 3 is 2.60 bits per heavy atom. The van der Waals surface area contributed by atoms with Gasteiger partial charge in [-0.1, -0.05) is 61.9 Å². The van der Waals surface area contributed by atoms with Crippen LogP contribution in [-0.2, 0) is 0 Å². The molecule has 0 saturated heterocycles. The van der Waals surface area contributed by atoms with E-state index >= 15 is 0 Å². The SMILES string of the molecule is C[C@]12CC[C@H]3[C@@H](CC=C4C[C@@H](O)CC[C@@]43C)[C@@H]1CC[C@@H]2/C(=C\CO)c1ccccc1. The normalized spacial score (nSPS) is 43.4. The van der Waals surface area contributed by atoms with Crippen molar-refractivity contribution in [1.82, 2.24) is 0 Å². The zero-order chi connectivity index (χ0) is 20.9. The van der Waals surface area contributed by atoms with Crippen LogP contribution in [0.4, 0.5) is 0 Å². The molecule has 0 aliphatic heterocycles. The lowest BCUT2D eigenvalue weighted by Crippen LogP contribution is -2.50. The summed E-state index contributed by atoms with van der Waals surface area (Å²) in [5.41, 5.74) is 4.87. The molecule has 2 nitrogen and oxygen atoms in total. The molecular formula is C28H38O2. The van der Waals surface area contributed by atoms with Gasteiger partial charge in [0.15, 0.2) is 0 Å². The van der Waals surface area contributed by atoms with Crippen LogP contribution in [0.2, 0.25) is 0 Å². The van der Waals surface area contributed by atoms with Crippen LogP contribution in [0.3, 0.4) is 0 Å². The lowest BCUT2D eigenvalue weighted by atomic mass is 9.47. The highest BCUT2D eigenvalue weighted by atomic mass is 16.3.